The highest BCUT2D eigenvalue weighted by molar-refractivity contribution is 6.33. The SMILES string of the molecule is CC1CCCCN1c1ccc(Cl)c(C(=O)O)n1. The van der Waals surface area contributed by atoms with Gasteiger partial charge in [0, 0.05) is 12.6 Å². The van der Waals surface area contributed by atoms with Gasteiger partial charge in [-0.05, 0) is 38.3 Å². The number of hydrogen-bond acceptors (Lipinski definition) is 3. The minimum Gasteiger partial charge on any atom is -0.476 e. The van der Waals surface area contributed by atoms with Crippen molar-refractivity contribution < 1.29 is 9.90 Å². The number of anilines is 1. The number of halogens is 1. The smallest absolute Gasteiger partial charge is 0.356 e. The Morgan fingerprint density at radius 3 is 2.94 bits per heavy atom. The second kappa shape index (κ2) is 4.92. The topological polar surface area (TPSA) is 53.4 Å². The van der Waals surface area contributed by atoms with Crippen LogP contribution >= 0.6 is 11.6 Å². The second-order valence-electron chi connectivity index (χ2n) is 4.34. The van der Waals surface area contributed by atoms with Crippen molar-refractivity contribution >= 4 is 23.4 Å². The molecule has 0 aliphatic carbocycles. The summed E-state index contributed by atoms with van der Waals surface area (Å²) in [5, 5.41) is 9.17. The van der Waals surface area contributed by atoms with Crippen LogP contribution in [0, 0.1) is 0 Å². The van der Waals surface area contributed by atoms with Crippen LogP contribution < -0.4 is 4.90 Å². The van der Waals surface area contributed by atoms with Gasteiger partial charge in [0.25, 0.3) is 0 Å². The fraction of sp³-hybridized carbons (Fsp3) is 0.500. The molecule has 0 radical (unpaired) electrons. The second-order valence-corrected chi connectivity index (χ2v) is 4.75. The number of aromatic carboxylic acids is 1. The van der Waals surface area contributed by atoms with Crippen LogP contribution in [-0.2, 0) is 0 Å². The molecule has 1 atom stereocenters. The van der Waals surface area contributed by atoms with Gasteiger partial charge in [0.1, 0.15) is 5.82 Å². The van der Waals surface area contributed by atoms with Gasteiger partial charge in [-0.15, -0.1) is 0 Å². The predicted molar refractivity (Wildman–Crippen MR) is 66.9 cm³/mol. The lowest BCUT2D eigenvalue weighted by Crippen LogP contribution is -2.38. The Labute approximate surface area is 105 Å². The molecule has 92 valence electrons. The summed E-state index contributed by atoms with van der Waals surface area (Å²) in [4.78, 5) is 17.3. The van der Waals surface area contributed by atoms with E-state index in [1.807, 2.05) is 0 Å². The maximum absolute atomic E-state index is 11.0. The number of carbonyl (C=O) groups is 1. The molecule has 5 heteroatoms. The van der Waals surface area contributed by atoms with Gasteiger partial charge in [0.15, 0.2) is 5.69 Å². The third kappa shape index (κ3) is 2.52. The van der Waals surface area contributed by atoms with Gasteiger partial charge >= 0.3 is 5.97 Å². The van der Waals surface area contributed by atoms with E-state index in [2.05, 4.69) is 16.8 Å². The first-order chi connectivity index (χ1) is 8.09. The van der Waals surface area contributed by atoms with Crippen molar-refractivity contribution in [3.8, 4) is 0 Å². The van der Waals surface area contributed by atoms with Crippen molar-refractivity contribution in [3.05, 3.63) is 22.8 Å². The maximum atomic E-state index is 11.0. The van der Waals surface area contributed by atoms with Crippen molar-refractivity contribution in [2.24, 2.45) is 0 Å². The average molecular weight is 255 g/mol. The Bertz CT molecular complexity index is 437. The zero-order chi connectivity index (χ0) is 12.4. The van der Waals surface area contributed by atoms with Crippen LogP contribution in [0.25, 0.3) is 0 Å². The third-order valence-electron chi connectivity index (χ3n) is 3.13. The molecule has 1 aromatic rings. The Balaban J connectivity index is 2.32. The fourth-order valence-corrected chi connectivity index (χ4v) is 2.37. The number of carboxylic acids is 1. The van der Waals surface area contributed by atoms with Gasteiger partial charge in [-0.25, -0.2) is 9.78 Å². The van der Waals surface area contributed by atoms with Gasteiger partial charge in [0.05, 0.1) is 5.02 Å². The van der Waals surface area contributed by atoms with Crippen LogP contribution in [0.1, 0.15) is 36.7 Å². The molecule has 2 rings (SSSR count). The Morgan fingerprint density at radius 2 is 2.29 bits per heavy atom. The summed E-state index contributed by atoms with van der Waals surface area (Å²) in [6, 6.07) is 3.80. The molecule has 0 amide bonds. The quantitative estimate of drug-likeness (QED) is 0.882. The van der Waals surface area contributed by atoms with Crippen molar-refractivity contribution in [2.45, 2.75) is 32.2 Å². The number of pyridine rings is 1. The first kappa shape index (κ1) is 12.2. The van der Waals surface area contributed by atoms with E-state index in [4.69, 9.17) is 16.7 Å². The summed E-state index contributed by atoms with van der Waals surface area (Å²) in [7, 11) is 0. The molecule has 1 saturated heterocycles. The molecule has 17 heavy (non-hydrogen) atoms. The van der Waals surface area contributed by atoms with Crippen molar-refractivity contribution in [2.75, 3.05) is 11.4 Å². The third-order valence-corrected chi connectivity index (χ3v) is 3.44. The van der Waals surface area contributed by atoms with Crippen LogP contribution in [-0.4, -0.2) is 28.6 Å². The van der Waals surface area contributed by atoms with Gasteiger partial charge in [-0.3, -0.25) is 0 Å². The lowest BCUT2D eigenvalue weighted by Gasteiger charge is -2.34. The summed E-state index contributed by atoms with van der Waals surface area (Å²) in [5.41, 5.74) is -0.0676. The summed E-state index contributed by atoms with van der Waals surface area (Å²) >= 11 is 5.80. The molecule has 1 N–H and O–H groups in total. The van der Waals surface area contributed by atoms with Gasteiger partial charge in [0.2, 0.25) is 0 Å². The number of hydrogen-bond donors (Lipinski definition) is 1. The molecule has 0 saturated carbocycles. The van der Waals surface area contributed by atoms with E-state index >= 15 is 0 Å². The van der Waals surface area contributed by atoms with Crippen LogP contribution in [0.4, 0.5) is 5.82 Å². The maximum Gasteiger partial charge on any atom is 0.356 e. The van der Waals surface area contributed by atoms with Crippen LogP contribution in [0.15, 0.2) is 12.1 Å². The summed E-state index contributed by atoms with van der Waals surface area (Å²) < 4.78 is 0. The normalized spacial score (nSPS) is 20.4. The molecule has 0 bridgehead atoms. The summed E-state index contributed by atoms with van der Waals surface area (Å²) in [5.74, 6) is -0.375. The summed E-state index contributed by atoms with van der Waals surface area (Å²) in [6.45, 7) is 3.06. The van der Waals surface area contributed by atoms with E-state index in [9.17, 15) is 4.79 Å². The summed E-state index contributed by atoms with van der Waals surface area (Å²) in [6.07, 6.45) is 3.46. The zero-order valence-corrected chi connectivity index (χ0v) is 10.4. The van der Waals surface area contributed by atoms with E-state index in [1.165, 1.54) is 6.42 Å². The number of aromatic nitrogens is 1. The largest absolute Gasteiger partial charge is 0.476 e. The van der Waals surface area contributed by atoms with Crippen molar-refractivity contribution in [1.29, 1.82) is 0 Å². The van der Waals surface area contributed by atoms with Crippen LogP contribution in [0.5, 0.6) is 0 Å². The Morgan fingerprint density at radius 1 is 1.53 bits per heavy atom. The molecule has 2 heterocycles. The van der Waals surface area contributed by atoms with Crippen LogP contribution in [0.3, 0.4) is 0 Å². The lowest BCUT2D eigenvalue weighted by molar-refractivity contribution is 0.0690. The fourth-order valence-electron chi connectivity index (χ4n) is 2.18. The monoisotopic (exact) mass is 254 g/mol. The minimum absolute atomic E-state index is 0.0676. The highest BCUT2D eigenvalue weighted by Crippen LogP contribution is 2.25. The molecule has 1 fully saturated rings. The molecule has 0 aromatic carbocycles. The molecule has 1 unspecified atom stereocenters. The molecule has 1 aliphatic rings. The number of carboxylic acid groups (broad SMARTS) is 1. The molecular weight excluding hydrogens is 240 g/mol. The first-order valence-electron chi connectivity index (χ1n) is 5.76. The lowest BCUT2D eigenvalue weighted by atomic mass is 10.0. The number of piperidine rings is 1. The van der Waals surface area contributed by atoms with Gasteiger partial charge < -0.3 is 10.0 Å². The van der Waals surface area contributed by atoms with E-state index in [0.717, 1.165) is 19.4 Å². The van der Waals surface area contributed by atoms with E-state index in [1.54, 1.807) is 12.1 Å². The number of rotatable bonds is 2. The number of nitrogens with zero attached hydrogens (tertiary/aromatic N) is 2. The Kier molecular flexibility index (Phi) is 3.52. The standard InChI is InChI=1S/C12H15ClN2O2/c1-8-4-2-3-7-15(8)10-6-5-9(13)11(14-10)12(16)17/h5-6,8H,2-4,7H2,1H3,(H,16,17). The average Bonchev–Trinajstić information content (AvgIpc) is 2.30. The van der Waals surface area contributed by atoms with Crippen molar-refractivity contribution in [3.63, 3.8) is 0 Å². The van der Waals surface area contributed by atoms with Gasteiger partial charge in [-0.1, -0.05) is 11.6 Å². The minimum atomic E-state index is -1.08. The van der Waals surface area contributed by atoms with Gasteiger partial charge in [-0.2, -0.15) is 0 Å². The predicted octanol–water partition coefficient (Wildman–Crippen LogP) is 2.81. The molecule has 1 aromatic heterocycles. The molecule has 1 aliphatic heterocycles. The van der Waals surface area contributed by atoms with E-state index in [0.29, 0.717) is 11.9 Å². The highest BCUT2D eigenvalue weighted by atomic mass is 35.5. The highest BCUT2D eigenvalue weighted by Gasteiger charge is 2.21. The van der Waals surface area contributed by atoms with Crippen molar-refractivity contribution in [1.82, 2.24) is 4.98 Å². The molecule has 0 spiro atoms. The van der Waals surface area contributed by atoms with E-state index < -0.39 is 5.97 Å². The Hall–Kier alpha value is -1.29. The molecular formula is C12H15ClN2O2. The van der Waals surface area contributed by atoms with E-state index in [-0.39, 0.29) is 10.7 Å². The van der Waals surface area contributed by atoms with Crippen LogP contribution in [0.2, 0.25) is 5.02 Å². The molecule has 4 nitrogen and oxygen atoms in total. The first-order valence-corrected chi connectivity index (χ1v) is 6.14. The zero-order valence-electron chi connectivity index (χ0n) is 9.69.